The maximum Gasteiger partial charge on any atom is 0.513 e. The molecule has 0 bridgehead atoms. The molecule has 0 unspecified atom stereocenters. The number of phenolic OH excluding ortho intramolecular Hbond substituents is 1. The normalized spacial score (nSPS) is 10.1. The molecule has 0 heterocycles. The number of phenols is 1. The van der Waals surface area contributed by atoms with Gasteiger partial charge >= 0.3 is 6.16 Å². The molecule has 4 heteroatoms. The SMILES string of the molecule is COC(=O)Oc1cc(O)c2ccccc2c1. The summed E-state index contributed by atoms with van der Waals surface area (Å²) in [5.74, 6) is 0.319. The van der Waals surface area contributed by atoms with Gasteiger partial charge in [0.25, 0.3) is 0 Å². The summed E-state index contributed by atoms with van der Waals surface area (Å²) in [6.45, 7) is 0. The minimum atomic E-state index is -0.810. The van der Waals surface area contributed by atoms with Crippen LogP contribution in [0.25, 0.3) is 10.8 Å². The molecule has 0 saturated heterocycles. The molecule has 2 rings (SSSR count). The van der Waals surface area contributed by atoms with E-state index < -0.39 is 6.16 Å². The lowest BCUT2D eigenvalue weighted by atomic mass is 10.1. The standard InChI is InChI=1S/C12H10O4/c1-15-12(14)16-9-6-8-4-2-3-5-10(8)11(13)7-9/h2-7,13H,1H3. The molecule has 0 fully saturated rings. The second-order valence-electron chi connectivity index (χ2n) is 3.22. The van der Waals surface area contributed by atoms with Crippen molar-refractivity contribution in [1.29, 1.82) is 0 Å². The molecule has 0 spiro atoms. The third-order valence-electron chi connectivity index (χ3n) is 2.18. The Balaban J connectivity index is 2.45. The number of benzene rings is 2. The Bertz CT molecular complexity index is 534. The van der Waals surface area contributed by atoms with Crippen LogP contribution < -0.4 is 4.74 Å². The van der Waals surface area contributed by atoms with E-state index in [0.29, 0.717) is 5.39 Å². The van der Waals surface area contributed by atoms with Crippen molar-refractivity contribution in [3.8, 4) is 11.5 Å². The van der Waals surface area contributed by atoms with Crippen LogP contribution in [-0.2, 0) is 4.74 Å². The first kappa shape index (κ1) is 10.3. The van der Waals surface area contributed by atoms with E-state index in [9.17, 15) is 9.90 Å². The Morgan fingerprint density at radius 2 is 2.00 bits per heavy atom. The summed E-state index contributed by atoms with van der Waals surface area (Å²) >= 11 is 0. The maximum atomic E-state index is 10.9. The van der Waals surface area contributed by atoms with Gasteiger partial charge in [-0.2, -0.15) is 0 Å². The Hall–Kier alpha value is -2.23. The highest BCUT2D eigenvalue weighted by atomic mass is 16.7. The maximum absolute atomic E-state index is 10.9. The average Bonchev–Trinajstić information content (AvgIpc) is 2.29. The van der Waals surface area contributed by atoms with Crippen LogP contribution in [0, 0.1) is 0 Å². The molecule has 0 radical (unpaired) electrons. The van der Waals surface area contributed by atoms with Gasteiger partial charge in [0.2, 0.25) is 0 Å². The fraction of sp³-hybridized carbons (Fsp3) is 0.0833. The highest BCUT2D eigenvalue weighted by molar-refractivity contribution is 5.89. The fourth-order valence-corrected chi connectivity index (χ4v) is 1.46. The molecular weight excluding hydrogens is 208 g/mol. The van der Waals surface area contributed by atoms with Crippen LogP contribution >= 0.6 is 0 Å². The van der Waals surface area contributed by atoms with E-state index in [2.05, 4.69) is 4.74 Å². The summed E-state index contributed by atoms with van der Waals surface area (Å²) in [5.41, 5.74) is 0. The Kier molecular flexibility index (Phi) is 2.64. The summed E-state index contributed by atoms with van der Waals surface area (Å²) in [5, 5.41) is 11.2. The highest BCUT2D eigenvalue weighted by Crippen LogP contribution is 2.30. The first-order valence-electron chi connectivity index (χ1n) is 4.68. The van der Waals surface area contributed by atoms with Crippen molar-refractivity contribution in [1.82, 2.24) is 0 Å². The van der Waals surface area contributed by atoms with Crippen LogP contribution in [0.1, 0.15) is 0 Å². The fourth-order valence-electron chi connectivity index (χ4n) is 1.46. The topological polar surface area (TPSA) is 55.8 Å². The molecule has 16 heavy (non-hydrogen) atoms. The van der Waals surface area contributed by atoms with Crippen LogP contribution in [0.4, 0.5) is 4.79 Å². The number of ether oxygens (including phenoxy) is 2. The van der Waals surface area contributed by atoms with Gasteiger partial charge in [0.1, 0.15) is 11.5 Å². The van der Waals surface area contributed by atoms with E-state index in [4.69, 9.17) is 4.74 Å². The molecule has 0 aliphatic rings. The summed E-state index contributed by atoms with van der Waals surface area (Å²) in [6.07, 6.45) is -0.810. The van der Waals surface area contributed by atoms with Gasteiger partial charge in [-0.15, -0.1) is 0 Å². The van der Waals surface area contributed by atoms with Crippen molar-refractivity contribution >= 4 is 16.9 Å². The predicted molar refractivity (Wildman–Crippen MR) is 58.6 cm³/mol. The number of methoxy groups -OCH3 is 1. The van der Waals surface area contributed by atoms with Gasteiger partial charge in [-0.1, -0.05) is 24.3 Å². The van der Waals surface area contributed by atoms with Gasteiger partial charge in [-0.3, -0.25) is 0 Å². The Morgan fingerprint density at radius 3 is 2.75 bits per heavy atom. The number of aromatic hydroxyl groups is 1. The number of hydrogen-bond acceptors (Lipinski definition) is 4. The van der Waals surface area contributed by atoms with Gasteiger partial charge in [0.05, 0.1) is 7.11 Å². The molecule has 0 aliphatic carbocycles. The number of carbonyl (C=O) groups is 1. The van der Waals surface area contributed by atoms with Crippen LogP contribution in [0.3, 0.4) is 0 Å². The third-order valence-corrected chi connectivity index (χ3v) is 2.18. The van der Waals surface area contributed by atoms with Gasteiger partial charge in [0, 0.05) is 11.5 Å². The van der Waals surface area contributed by atoms with Crippen LogP contribution in [-0.4, -0.2) is 18.4 Å². The van der Waals surface area contributed by atoms with E-state index in [1.807, 2.05) is 18.2 Å². The molecule has 4 nitrogen and oxygen atoms in total. The largest absolute Gasteiger partial charge is 0.513 e. The van der Waals surface area contributed by atoms with Crippen molar-refractivity contribution < 1.29 is 19.4 Å². The van der Waals surface area contributed by atoms with Crippen LogP contribution in [0.2, 0.25) is 0 Å². The zero-order valence-electron chi connectivity index (χ0n) is 8.64. The smallest absolute Gasteiger partial charge is 0.507 e. The molecule has 2 aromatic rings. The number of carbonyl (C=O) groups excluding carboxylic acids is 1. The molecule has 0 aromatic heterocycles. The Morgan fingerprint density at radius 1 is 1.25 bits per heavy atom. The summed E-state index contributed by atoms with van der Waals surface area (Å²) in [6, 6.07) is 10.3. The second kappa shape index (κ2) is 4.10. The van der Waals surface area contributed by atoms with E-state index in [1.165, 1.54) is 13.2 Å². The first-order chi connectivity index (χ1) is 7.70. The molecular formula is C12H10O4. The van der Waals surface area contributed by atoms with Crippen molar-refractivity contribution in [2.45, 2.75) is 0 Å². The van der Waals surface area contributed by atoms with Gasteiger partial charge in [0.15, 0.2) is 0 Å². The number of fused-ring (bicyclic) bond motifs is 1. The lowest BCUT2D eigenvalue weighted by Crippen LogP contribution is -2.07. The second-order valence-corrected chi connectivity index (χ2v) is 3.22. The molecule has 0 aliphatic heterocycles. The minimum absolute atomic E-state index is 0.0667. The third kappa shape index (κ3) is 1.91. The molecule has 0 atom stereocenters. The van der Waals surface area contributed by atoms with Crippen LogP contribution in [0.15, 0.2) is 36.4 Å². The van der Waals surface area contributed by atoms with E-state index in [1.54, 1.807) is 12.1 Å². The summed E-state index contributed by atoms with van der Waals surface area (Å²) in [4.78, 5) is 10.9. The molecule has 82 valence electrons. The zero-order valence-corrected chi connectivity index (χ0v) is 8.64. The van der Waals surface area contributed by atoms with Crippen molar-refractivity contribution in [2.24, 2.45) is 0 Å². The molecule has 2 aromatic carbocycles. The highest BCUT2D eigenvalue weighted by Gasteiger charge is 2.07. The lowest BCUT2D eigenvalue weighted by Gasteiger charge is -2.05. The lowest BCUT2D eigenvalue weighted by molar-refractivity contribution is 0.121. The average molecular weight is 218 g/mol. The van der Waals surface area contributed by atoms with E-state index in [-0.39, 0.29) is 11.5 Å². The van der Waals surface area contributed by atoms with Gasteiger partial charge in [-0.05, 0) is 11.5 Å². The van der Waals surface area contributed by atoms with Gasteiger partial charge < -0.3 is 14.6 Å². The van der Waals surface area contributed by atoms with E-state index in [0.717, 1.165) is 5.39 Å². The zero-order chi connectivity index (χ0) is 11.5. The van der Waals surface area contributed by atoms with Gasteiger partial charge in [-0.25, -0.2) is 4.79 Å². The van der Waals surface area contributed by atoms with Crippen LogP contribution in [0.5, 0.6) is 11.5 Å². The van der Waals surface area contributed by atoms with Crippen molar-refractivity contribution in [3.05, 3.63) is 36.4 Å². The quantitative estimate of drug-likeness (QED) is 0.590. The number of hydrogen-bond donors (Lipinski definition) is 1. The minimum Gasteiger partial charge on any atom is -0.507 e. The molecule has 1 N–H and O–H groups in total. The monoisotopic (exact) mass is 218 g/mol. The van der Waals surface area contributed by atoms with Crippen molar-refractivity contribution in [3.63, 3.8) is 0 Å². The predicted octanol–water partition coefficient (Wildman–Crippen LogP) is 2.69. The summed E-state index contributed by atoms with van der Waals surface area (Å²) in [7, 11) is 1.23. The first-order valence-corrected chi connectivity index (χ1v) is 4.68. The number of rotatable bonds is 1. The summed E-state index contributed by atoms with van der Waals surface area (Å²) < 4.78 is 9.19. The van der Waals surface area contributed by atoms with Crippen molar-refractivity contribution in [2.75, 3.05) is 7.11 Å². The molecule has 0 saturated carbocycles. The Labute approximate surface area is 92.0 Å². The van der Waals surface area contributed by atoms with E-state index >= 15 is 0 Å². The molecule has 0 amide bonds.